The number of ether oxygens (including phenoxy) is 1. The number of carbonyl (C=O) groups is 2. The Labute approximate surface area is 168 Å². The van der Waals surface area contributed by atoms with Gasteiger partial charge in [-0.25, -0.2) is 4.98 Å². The van der Waals surface area contributed by atoms with Crippen molar-refractivity contribution in [3.8, 4) is 5.75 Å². The van der Waals surface area contributed by atoms with Gasteiger partial charge in [0.2, 0.25) is 11.8 Å². The fraction of sp³-hybridized carbons (Fsp3) is 0.421. The molecule has 0 spiro atoms. The van der Waals surface area contributed by atoms with Crippen molar-refractivity contribution in [2.24, 2.45) is 0 Å². The number of thioether (sulfide) groups is 1. The van der Waals surface area contributed by atoms with Gasteiger partial charge in [0.15, 0.2) is 4.34 Å². The minimum atomic E-state index is -0.112. The third kappa shape index (κ3) is 8.01. The molecule has 2 amide bonds. The van der Waals surface area contributed by atoms with Gasteiger partial charge in [-0.05, 0) is 18.6 Å². The number of nitrogens with zero attached hydrogens (tertiary/aromatic N) is 1. The monoisotopic (exact) mass is 407 g/mol. The minimum Gasteiger partial charge on any atom is -0.497 e. The van der Waals surface area contributed by atoms with Crippen LogP contribution >= 0.6 is 23.1 Å². The molecule has 8 heteroatoms. The Balaban J connectivity index is 1.73. The minimum absolute atomic E-state index is 0.0104. The third-order valence-electron chi connectivity index (χ3n) is 3.66. The first kappa shape index (κ1) is 21.2. The maximum absolute atomic E-state index is 12.1. The molecule has 0 saturated carbocycles. The van der Waals surface area contributed by atoms with Crippen LogP contribution in [0.4, 0.5) is 5.69 Å². The van der Waals surface area contributed by atoms with Gasteiger partial charge in [-0.2, -0.15) is 0 Å². The highest BCUT2D eigenvalue weighted by Gasteiger charge is 2.10. The fourth-order valence-corrected chi connectivity index (χ4v) is 3.94. The van der Waals surface area contributed by atoms with Crippen molar-refractivity contribution in [2.75, 3.05) is 24.7 Å². The zero-order valence-electron chi connectivity index (χ0n) is 15.6. The number of rotatable bonds is 11. The van der Waals surface area contributed by atoms with Crippen molar-refractivity contribution < 1.29 is 14.3 Å². The molecule has 0 fully saturated rings. The van der Waals surface area contributed by atoms with Crippen molar-refractivity contribution in [2.45, 2.75) is 36.9 Å². The summed E-state index contributed by atoms with van der Waals surface area (Å²) in [6.07, 6.45) is 3.53. The Morgan fingerprint density at radius 3 is 2.89 bits per heavy atom. The molecule has 2 N–H and O–H groups in total. The third-order valence-corrected chi connectivity index (χ3v) is 5.72. The molecule has 0 unspecified atom stereocenters. The summed E-state index contributed by atoms with van der Waals surface area (Å²) >= 11 is 2.81. The molecule has 1 heterocycles. The molecular formula is C19H25N3O3S2. The lowest BCUT2D eigenvalue weighted by Gasteiger charge is -2.06. The molecule has 2 rings (SSSR count). The van der Waals surface area contributed by atoms with E-state index in [4.69, 9.17) is 4.74 Å². The quantitative estimate of drug-likeness (QED) is 0.438. The largest absolute Gasteiger partial charge is 0.497 e. The number of aromatic nitrogens is 1. The van der Waals surface area contributed by atoms with Crippen LogP contribution < -0.4 is 15.4 Å². The maximum atomic E-state index is 12.1. The smallest absolute Gasteiger partial charge is 0.234 e. The van der Waals surface area contributed by atoms with E-state index in [9.17, 15) is 9.59 Å². The second kappa shape index (κ2) is 11.6. The van der Waals surface area contributed by atoms with Crippen molar-refractivity contribution in [3.63, 3.8) is 0 Å². The molecule has 27 heavy (non-hydrogen) atoms. The van der Waals surface area contributed by atoms with E-state index in [2.05, 4.69) is 22.5 Å². The van der Waals surface area contributed by atoms with Gasteiger partial charge in [0.1, 0.15) is 5.75 Å². The second-order valence-electron chi connectivity index (χ2n) is 5.91. The highest BCUT2D eigenvalue weighted by atomic mass is 32.2. The van der Waals surface area contributed by atoms with E-state index in [1.807, 2.05) is 23.6 Å². The summed E-state index contributed by atoms with van der Waals surface area (Å²) in [7, 11) is 1.59. The Hall–Kier alpha value is -2.06. The molecule has 146 valence electrons. The summed E-state index contributed by atoms with van der Waals surface area (Å²) in [5, 5.41) is 7.61. The molecule has 0 bridgehead atoms. The van der Waals surface area contributed by atoms with Gasteiger partial charge >= 0.3 is 0 Å². The van der Waals surface area contributed by atoms with Crippen LogP contribution in [0, 0.1) is 0 Å². The molecule has 1 aromatic carbocycles. The zero-order valence-corrected chi connectivity index (χ0v) is 17.3. The van der Waals surface area contributed by atoms with Gasteiger partial charge < -0.3 is 15.4 Å². The van der Waals surface area contributed by atoms with Gasteiger partial charge in [-0.15, -0.1) is 11.3 Å². The standard InChI is InChI=1S/C19H25N3O3S2/c1-3-4-5-9-20-17(23)11-15-12-26-19(22-15)27-13-18(24)21-14-7-6-8-16(10-14)25-2/h6-8,10,12H,3-5,9,11,13H2,1-2H3,(H,20,23)(H,21,24). The van der Waals surface area contributed by atoms with Crippen LogP contribution in [-0.2, 0) is 16.0 Å². The maximum Gasteiger partial charge on any atom is 0.234 e. The second-order valence-corrected chi connectivity index (χ2v) is 7.99. The highest BCUT2D eigenvalue weighted by Crippen LogP contribution is 2.23. The summed E-state index contributed by atoms with van der Waals surface area (Å²) in [5.74, 6) is 0.827. The van der Waals surface area contributed by atoms with Crippen LogP contribution in [0.2, 0.25) is 0 Å². The number of carbonyl (C=O) groups excluding carboxylic acids is 2. The predicted molar refractivity (Wildman–Crippen MR) is 111 cm³/mol. The first-order valence-corrected chi connectivity index (χ1v) is 10.7. The number of hydrogen-bond acceptors (Lipinski definition) is 6. The molecular weight excluding hydrogens is 382 g/mol. The summed E-state index contributed by atoms with van der Waals surface area (Å²) in [5.41, 5.74) is 1.43. The number of unbranched alkanes of at least 4 members (excludes halogenated alkanes) is 2. The van der Waals surface area contributed by atoms with Gasteiger partial charge in [0.25, 0.3) is 0 Å². The first-order chi connectivity index (χ1) is 13.1. The van der Waals surface area contributed by atoms with Gasteiger partial charge in [-0.1, -0.05) is 37.6 Å². The number of nitrogens with one attached hydrogen (secondary N) is 2. The lowest BCUT2D eigenvalue weighted by molar-refractivity contribution is -0.120. The van der Waals surface area contributed by atoms with Gasteiger partial charge in [-0.3, -0.25) is 9.59 Å². The number of thiazole rings is 1. The van der Waals surface area contributed by atoms with E-state index < -0.39 is 0 Å². The normalized spacial score (nSPS) is 10.4. The molecule has 2 aromatic rings. The Bertz CT molecular complexity index is 749. The van der Waals surface area contributed by atoms with E-state index in [0.717, 1.165) is 29.3 Å². The average Bonchev–Trinajstić information content (AvgIpc) is 3.11. The average molecular weight is 408 g/mol. The molecule has 1 aromatic heterocycles. The van der Waals surface area contributed by atoms with Crippen molar-refractivity contribution in [1.29, 1.82) is 0 Å². The first-order valence-electron chi connectivity index (χ1n) is 8.88. The zero-order chi connectivity index (χ0) is 19.5. The number of hydrogen-bond donors (Lipinski definition) is 2. The topological polar surface area (TPSA) is 80.3 Å². The molecule has 0 saturated heterocycles. The number of amides is 2. The molecule has 0 aliphatic heterocycles. The van der Waals surface area contributed by atoms with E-state index in [1.54, 1.807) is 13.2 Å². The highest BCUT2D eigenvalue weighted by molar-refractivity contribution is 8.01. The Kier molecular flexibility index (Phi) is 9.13. The van der Waals surface area contributed by atoms with Crippen LogP contribution in [0.25, 0.3) is 0 Å². The van der Waals surface area contributed by atoms with Crippen LogP contribution in [0.3, 0.4) is 0 Å². The molecule has 0 radical (unpaired) electrons. The van der Waals surface area contributed by atoms with Gasteiger partial charge in [0.05, 0.1) is 25.0 Å². The lowest BCUT2D eigenvalue weighted by atomic mass is 10.2. The SMILES string of the molecule is CCCCCNC(=O)Cc1csc(SCC(=O)Nc2cccc(OC)c2)n1. The summed E-state index contributed by atoms with van der Waals surface area (Å²) in [6.45, 7) is 2.84. The van der Waals surface area contributed by atoms with E-state index in [-0.39, 0.29) is 24.0 Å². The molecule has 0 atom stereocenters. The Morgan fingerprint density at radius 2 is 2.11 bits per heavy atom. The Morgan fingerprint density at radius 1 is 1.26 bits per heavy atom. The van der Waals surface area contributed by atoms with E-state index in [0.29, 0.717) is 18.0 Å². The van der Waals surface area contributed by atoms with Crippen LogP contribution in [0.5, 0.6) is 5.75 Å². The van der Waals surface area contributed by atoms with Crippen molar-refractivity contribution in [3.05, 3.63) is 35.3 Å². The summed E-state index contributed by atoms with van der Waals surface area (Å²) < 4.78 is 5.92. The number of benzene rings is 1. The van der Waals surface area contributed by atoms with Crippen LogP contribution in [-0.4, -0.2) is 36.2 Å². The number of anilines is 1. The van der Waals surface area contributed by atoms with Crippen LogP contribution in [0.15, 0.2) is 34.0 Å². The van der Waals surface area contributed by atoms with Gasteiger partial charge in [0, 0.05) is 23.7 Å². The molecule has 0 aliphatic rings. The predicted octanol–water partition coefficient (Wildman–Crippen LogP) is 3.73. The lowest BCUT2D eigenvalue weighted by Crippen LogP contribution is -2.26. The molecule has 0 aliphatic carbocycles. The fourth-order valence-electron chi connectivity index (χ4n) is 2.29. The van der Waals surface area contributed by atoms with Crippen molar-refractivity contribution >= 4 is 40.6 Å². The van der Waals surface area contributed by atoms with E-state index >= 15 is 0 Å². The number of methoxy groups -OCH3 is 1. The molecule has 6 nitrogen and oxygen atoms in total. The van der Waals surface area contributed by atoms with E-state index in [1.165, 1.54) is 23.1 Å². The van der Waals surface area contributed by atoms with Crippen LogP contribution in [0.1, 0.15) is 31.9 Å². The summed E-state index contributed by atoms with van der Waals surface area (Å²) in [6, 6.07) is 7.22. The summed E-state index contributed by atoms with van der Waals surface area (Å²) in [4.78, 5) is 28.4. The van der Waals surface area contributed by atoms with Crippen molar-refractivity contribution in [1.82, 2.24) is 10.3 Å².